The second-order valence-corrected chi connectivity index (χ2v) is 7.06. The summed E-state index contributed by atoms with van der Waals surface area (Å²) >= 11 is 1.52. The Morgan fingerprint density at radius 3 is 2.84 bits per heavy atom. The van der Waals surface area contributed by atoms with E-state index in [1.54, 1.807) is 6.07 Å². The number of para-hydroxylation sites is 2. The highest BCUT2D eigenvalue weighted by atomic mass is 32.1. The van der Waals surface area contributed by atoms with Gasteiger partial charge in [-0.3, -0.25) is 10.1 Å². The quantitative estimate of drug-likeness (QED) is 0.601. The lowest BCUT2D eigenvalue weighted by atomic mass is 10.1. The lowest BCUT2D eigenvalue weighted by Gasteiger charge is -2.25. The molecule has 0 bridgehead atoms. The topological polar surface area (TPSA) is 60.5 Å². The first-order valence-corrected chi connectivity index (χ1v) is 8.87. The van der Waals surface area contributed by atoms with Gasteiger partial charge in [-0.15, -0.1) is 11.3 Å². The summed E-state index contributed by atoms with van der Waals surface area (Å²) in [5.41, 5.74) is 3.41. The van der Waals surface area contributed by atoms with Crippen LogP contribution in [-0.2, 0) is 11.2 Å². The van der Waals surface area contributed by atoms with E-state index < -0.39 is 6.10 Å². The standard InChI is InChI=1S/C19H14N2O3S/c22-18(15-10-23-13-7-3-4-8-14(13)24-15)21-19-20-17-12-6-2-1-5-11(12)9-16(17)25-19/h1-8,15H,9-10H2,(H,20,21,22)/t15-/m1/s1. The largest absolute Gasteiger partial charge is 0.485 e. The maximum Gasteiger partial charge on any atom is 0.270 e. The smallest absolute Gasteiger partial charge is 0.270 e. The minimum atomic E-state index is -0.680. The average molecular weight is 350 g/mol. The maximum absolute atomic E-state index is 12.5. The third-order valence-corrected chi connectivity index (χ3v) is 5.32. The van der Waals surface area contributed by atoms with Gasteiger partial charge < -0.3 is 9.47 Å². The predicted octanol–water partition coefficient (Wildman–Crippen LogP) is 3.49. The van der Waals surface area contributed by atoms with Crippen molar-refractivity contribution in [3.8, 4) is 22.8 Å². The molecule has 1 aliphatic heterocycles. The number of ether oxygens (including phenoxy) is 2. The normalized spacial score (nSPS) is 16.9. The number of aromatic nitrogens is 1. The molecule has 1 N–H and O–H groups in total. The van der Waals surface area contributed by atoms with Crippen LogP contribution in [0.3, 0.4) is 0 Å². The van der Waals surface area contributed by atoms with Crippen molar-refractivity contribution < 1.29 is 14.3 Å². The number of hydrogen-bond acceptors (Lipinski definition) is 5. The van der Waals surface area contributed by atoms with Crippen molar-refractivity contribution in [3.63, 3.8) is 0 Å². The zero-order valence-corrected chi connectivity index (χ0v) is 14.0. The highest BCUT2D eigenvalue weighted by Crippen LogP contribution is 2.41. The van der Waals surface area contributed by atoms with Gasteiger partial charge in [0.2, 0.25) is 6.10 Å². The summed E-state index contributed by atoms with van der Waals surface area (Å²) in [4.78, 5) is 18.3. The molecule has 1 aromatic heterocycles. The minimum Gasteiger partial charge on any atom is -0.485 e. The summed E-state index contributed by atoms with van der Waals surface area (Å²) in [6.45, 7) is 0.191. The zero-order chi connectivity index (χ0) is 16.8. The lowest BCUT2D eigenvalue weighted by Crippen LogP contribution is -2.40. The first kappa shape index (κ1) is 14.5. The second-order valence-electron chi connectivity index (χ2n) is 5.98. The van der Waals surface area contributed by atoms with Crippen molar-refractivity contribution in [1.82, 2.24) is 4.98 Å². The van der Waals surface area contributed by atoms with Gasteiger partial charge in [0.05, 0.1) is 5.69 Å². The minimum absolute atomic E-state index is 0.191. The molecule has 0 fully saturated rings. The van der Waals surface area contributed by atoms with Crippen molar-refractivity contribution in [2.45, 2.75) is 12.5 Å². The molecule has 124 valence electrons. The van der Waals surface area contributed by atoms with E-state index in [1.807, 2.05) is 30.3 Å². The molecule has 1 atom stereocenters. The van der Waals surface area contributed by atoms with Gasteiger partial charge in [-0.2, -0.15) is 0 Å². The molecule has 0 saturated carbocycles. The van der Waals surface area contributed by atoms with E-state index in [-0.39, 0.29) is 12.5 Å². The van der Waals surface area contributed by atoms with Crippen molar-refractivity contribution in [3.05, 3.63) is 59.0 Å². The highest BCUT2D eigenvalue weighted by Gasteiger charge is 2.29. The Labute approximate surface area is 148 Å². The number of rotatable bonds is 2. The van der Waals surface area contributed by atoms with Crippen LogP contribution < -0.4 is 14.8 Å². The number of carbonyl (C=O) groups is 1. The maximum atomic E-state index is 12.5. The monoisotopic (exact) mass is 350 g/mol. The van der Waals surface area contributed by atoms with E-state index in [0.717, 1.165) is 17.7 Å². The van der Waals surface area contributed by atoms with Crippen LogP contribution in [0.15, 0.2) is 48.5 Å². The third kappa shape index (κ3) is 2.46. The van der Waals surface area contributed by atoms with Crippen molar-refractivity contribution >= 4 is 22.4 Å². The number of anilines is 1. The molecule has 3 aromatic rings. The van der Waals surface area contributed by atoms with E-state index >= 15 is 0 Å². The summed E-state index contributed by atoms with van der Waals surface area (Å²) in [6.07, 6.45) is 0.191. The number of thiazole rings is 1. The van der Waals surface area contributed by atoms with Gasteiger partial charge in [0.25, 0.3) is 5.91 Å². The number of carbonyl (C=O) groups excluding carboxylic acids is 1. The van der Waals surface area contributed by atoms with E-state index in [2.05, 4.69) is 22.4 Å². The first-order valence-electron chi connectivity index (χ1n) is 8.05. The fourth-order valence-corrected chi connectivity index (χ4v) is 4.15. The summed E-state index contributed by atoms with van der Waals surface area (Å²) in [7, 11) is 0. The third-order valence-electron chi connectivity index (χ3n) is 4.35. The van der Waals surface area contributed by atoms with Crippen LogP contribution in [0.2, 0.25) is 0 Å². The molecule has 0 unspecified atom stereocenters. The molecule has 5 rings (SSSR count). The predicted molar refractivity (Wildman–Crippen MR) is 95.3 cm³/mol. The van der Waals surface area contributed by atoms with Gasteiger partial charge in [-0.25, -0.2) is 4.98 Å². The summed E-state index contributed by atoms with van der Waals surface area (Å²) in [6, 6.07) is 15.6. The number of fused-ring (bicyclic) bond motifs is 4. The average Bonchev–Trinajstić information content (AvgIpc) is 3.18. The number of nitrogens with zero attached hydrogens (tertiary/aromatic N) is 1. The highest BCUT2D eigenvalue weighted by molar-refractivity contribution is 7.16. The van der Waals surface area contributed by atoms with E-state index in [0.29, 0.717) is 16.6 Å². The molecule has 0 saturated heterocycles. The molecule has 6 heteroatoms. The fraction of sp³-hybridized carbons (Fsp3) is 0.158. The van der Waals surface area contributed by atoms with E-state index in [4.69, 9.17) is 9.47 Å². The van der Waals surface area contributed by atoms with Crippen LogP contribution >= 0.6 is 11.3 Å². The Balaban J connectivity index is 1.34. The van der Waals surface area contributed by atoms with Gasteiger partial charge >= 0.3 is 0 Å². The van der Waals surface area contributed by atoms with Crippen molar-refractivity contribution in [2.75, 3.05) is 11.9 Å². The van der Waals surface area contributed by atoms with Crippen LogP contribution in [-0.4, -0.2) is 23.6 Å². The molecule has 0 radical (unpaired) electrons. The summed E-state index contributed by atoms with van der Waals surface area (Å²) in [5, 5.41) is 3.47. The molecule has 1 aliphatic carbocycles. The summed E-state index contributed by atoms with van der Waals surface area (Å²) in [5.74, 6) is 1.01. The van der Waals surface area contributed by atoms with Crippen LogP contribution in [0, 0.1) is 0 Å². The fourth-order valence-electron chi connectivity index (χ4n) is 3.15. The molecule has 25 heavy (non-hydrogen) atoms. The Bertz CT molecular complexity index is 982. The molecule has 2 aromatic carbocycles. The number of nitrogens with one attached hydrogen (secondary N) is 1. The van der Waals surface area contributed by atoms with Crippen LogP contribution in [0.25, 0.3) is 11.3 Å². The van der Waals surface area contributed by atoms with E-state index in [9.17, 15) is 4.79 Å². The van der Waals surface area contributed by atoms with Crippen LogP contribution in [0.1, 0.15) is 10.4 Å². The number of amides is 1. The van der Waals surface area contributed by atoms with Gasteiger partial charge in [-0.1, -0.05) is 36.4 Å². The Morgan fingerprint density at radius 2 is 1.92 bits per heavy atom. The number of hydrogen-bond donors (Lipinski definition) is 1. The first-order chi connectivity index (χ1) is 12.3. The van der Waals surface area contributed by atoms with Gasteiger partial charge in [0.1, 0.15) is 6.61 Å². The van der Waals surface area contributed by atoms with Crippen molar-refractivity contribution in [2.24, 2.45) is 0 Å². The van der Waals surface area contributed by atoms with Crippen LogP contribution in [0.4, 0.5) is 5.13 Å². The molecular weight excluding hydrogens is 336 g/mol. The van der Waals surface area contributed by atoms with Crippen LogP contribution in [0.5, 0.6) is 11.5 Å². The summed E-state index contributed by atoms with van der Waals surface area (Å²) < 4.78 is 11.3. The molecule has 2 heterocycles. The molecule has 2 aliphatic rings. The Kier molecular flexibility index (Phi) is 3.24. The number of benzene rings is 2. The van der Waals surface area contributed by atoms with Crippen molar-refractivity contribution in [1.29, 1.82) is 0 Å². The Hall–Kier alpha value is -2.86. The SMILES string of the molecule is O=C(Nc1nc2c(s1)Cc1ccccc1-2)[C@H]1COc2ccccc2O1. The van der Waals surface area contributed by atoms with Gasteiger partial charge in [-0.05, 0) is 17.7 Å². The van der Waals surface area contributed by atoms with E-state index in [1.165, 1.54) is 21.8 Å². The van der Waals surface area contributed by atoms with Gasteiger partial charge in [0, 0.05) is 16.9 Å². The van der Waals surface area contributed by atoms with Gasteiger partial charge in [0.15, 0.2) is 16.6 Å². The molecule has 5 nitrogen and oxygen atoms in total. The molecular formula is C19H14N2O3S. The lowest BCUT2D eigenvalue weighted by molar-refractivity contribution is -0.125. The zero-order valence-electron chi connectivity index (χ0n) is 13.2. The second kappa shape index (κ2) is 5.60. The molecule has 0 spiro atoms. The Morgan fingerprint density at radius 1 is 1.12 bits per heavy atom. The molecule has 1 amide bonds.